The molecule has 0 saturated carbocycles. The van der Waals surface area contributed by atoms with E-state index in [2.05, 4.69) is 18.4 Å². The van der Waals surface area contributed by atoms with Gasteiger partial charge in [0.25, 0.3) is 0 Å². The minimum Gasteiger partial charge on any atom is -0.445 e. The number of primary amides is 1. The molecule has 12 heavy (non-hydrogen) atoms. The Hall–Kier alpha value is -1.52. The van der Waals surface area contributed by atoms with Crippen molar-refractivity contribution >= 4 is 12.0 Å². The molecule has 0 aliphatic rings. The fourth-order valence-corrected chi connectivity index (χ4v) is 0.474. The van der Waals surface area contributed by atoms with E-state index in [1.807, 2.05) is 0 Å². The molecule has 5 nitrogen and oxygen atoms in total. The maximum Gasteiger partial charge on any atom is 0.410 e. The number of nitrogens with two attached hydrogens (primary N) is 1. The lowest BCUT2D eigenvalue weighted by atomic mass is 10.6. The van der Waals surface area contributed by atoms with Gasteiger partial charge < -0.3 is 10.5 Å². The van der Waals surface area contributed by atoms with Crippen LogP contribution in [0.5, 0.6) is 0 Å². The summed E-state index contributed by atoms with van der Waals surface area (Å²) >= 11 is 0. The topological polar surface area (TPSA) is 72.6 Å². The number of carbonyl (C=O) groups is 2. The summed E-state index contributed by atoms with van der Waals surface area (Å²) in [5.41, 5.74) is 4.81. The molecule has 0 bridgehead atoms. The van der Waals surface area contributed by atoms with E-state index in [-0.39, 0.29) is 13.2 Å². The van der Waals surface area contributed by atoms with Gasteiger partial charge in [0.1, 0.15) is 13.2 Å². The molecule has 0 rings (SSSR count). The van der Waals surface area contributed by atoms with Crippen LogP contribution in [0.3, 0.4) is 0 Å². The molecule has 1 radical (unpaired) electrons. The van der Waals surface area contributed by atoms with E-state index in [1.165, 1.54) is 6.08 Å². The van der Waals surface area contributed by atoms with Crippen molar-refractivity contribution in [1.82, 2.24) is 4.90 Å². The number of amides is 2. The van der Waals surface area contributed by atoms with Crippen molar-refractivity contribution in [3.05, 3.63) is 19.7 Å². The zero-order chi connectivity index (χ0) is 9.56. The second-order valence-electron chi connectivity index (χ2n) is 2.03. The Morgan fingerprint density at radius 2 is 2.17 bits per heavy atom. The highest BCUT2D eigenvalue weighted by Crippen LogP contribution is 1.90. The molecule has 0 unspecified atom stereocenters. The molecule has 0 spiro atoms. The lowest BCUT2D eigenvalue weighted by molar-refractivity contribution is -0.118. The van der Waals surface area contributed by atoms with E-state index in [9.17, 15) is 9.59 Å². The third-order valence-electron chi connectivity index (χ3n) is 0.930. The lowest BCUT2D eigenvalue weighted by Crippen LogP contribution is -2.34. The van der Waals surface area contributed by atoms with Crippen molar-refractivity contribution in [1.29, 1.82) is 0 Å². The predicted octanol–water partition coefficient (Wildman–Crippen LogP) is -0.112. The molecule has 0 aromatic heterocycles. The van der Waals surface area contributed by atoms with Gasteiger partial charge in [-0.1, -0.05) is 12.7 Å². The van der Waals surface area contributed by atoms with Gasteiger partial charge in [-0.05, 0) is 0 Å². The molecule has 67 valence electrons. The van der Waals surface area contributed by atoms with Crippen LogP contribution in [-0.2, 0) is 9.53 Å². The van der Waals surface area contributed by atoms with Crippen LogP contribution in [0.2, 0.25) is 0 Å². The summed E-state index contributed by atoms with van der Waals surface area (Å²) in [7, 11) is 3.25. The van der Waals surface area contributed by atoms with Gasteiger partial charge in [0.2, 0.25) is 5.91 Å². The second-order valence-corrected chi connectivity index (χ2v) is 2.03. The molecule has 0 atom stereocenters. The van der Waals surface area contributed by atoms with Crippen LogP contribution in [0, 0.1) is 7.05 Å². The van der Waals surface area contributed by atoms with Crippen molar-refractivity contribution < 1.29 is 14.3 Å². The third kappa shape index (κ3) is 4.32. The van der Waals surface area contributed by atoms with Crippen LogP contribution >= 0.6 is 0 Å². The van der Waals surface area contributed by atoms with Crippen molar-refractivity contribution in [3.8, 4) is 0 Å². The molecule has 0 saturated heterocycles. The Labute approximate surface area is 70.8 Å². The van der Waals surface area contributed by atoms with E-state index in [0.29, 0.717) is 0 Å². The Morgan fingerprint density at radius 3 is 2.58 bits per heavy atom. The van der Waals surface area contributed by atoms with Gasteiger partial charge in [-0.25, -0.2) is 4.79 Å². The number of carbonyl (C=O) groups excluding carboxylic acids is 2. The van der Waals surface area contributed by atoms with Crippen LogP contribution in [0.1, 0.15) is 0 Å². The Balaban J connectivity index is 3.76. The monoisotopic (exact) mass is 171 g/mol. The Bertz CT molecular complexity index is 191. The molecule has 2 amide bonds. The molecule has 0 aliphatic heterocycles. The Morgan fingerprint density at radius 1 is 1.58 bits per heavy atom. The second kappa shape index (κ2) is 5.17. The van der Waals surface area contributed by atoms with Gasteiger partial charge >= 0.3 is 6.09 Å². The number of hydrogen-bond donors (Lipinski definition) is 1. The smallest absolute Gasteiger partial charge is 0.410 e. The number of hydrogen-bond acceptors (Lipinski definition) is 3. The van der Waals surface area contributed by atoms with E-state index in [0.717, 1.165) is 4.90 Å². The fraction of sp³-hybridized carbons (Fsp3) is 0.286. The van der Waals surface area contributed by atoms with Crippen LogP contribution in [0.4, 0.5) is 4.79 Å². The first-order valence-electron chi connectivity index (χ1n) is 3.22. The average molecular weight is 171 g/mol. The molecule has 5 heteroatoms. The van der Waals surface area contributed by atoms with Crippen LogP contribution < -0.4 is 5.73 Å². The van der Waals surface area contributed by atoms with Crippen LogP contribution in [0.15, 0.2) is 12.7 Å². The average Bonchev–Trinajstić information content (AvgIpc) is 1.98. The van der Waals surface area contributed by atoms with Crippen molar-refractivity contribution in [2.75, 3.05) is 13.2 Å². The summed E-state index contributed by atoms with van der Waals surface area (Å²) in [6.45, 7) is 3.18. The highest BCUT2D eigenvalue weighted by Gasteiger charge is 2.10. The lowest BCUT2D eigenvalue weighted by Gasteiger charge is -2.13. The summed E-state index contributed by atoms with van der Waals surface area (Å²) in [5.74, 6) is -0.638. The fourth-order valence-electron chi connectivity index (χ4n) is 0.474. The largest absolute Gasteiger partial charge is 0.445 e. The van der Waals surface area contributed by atoms with E-state index in [4.69, 9.17) is 5.73 Å². The highest BCUT2D eigenvalue weighted by molar-refractivity contribution is 5.80. The van der Waals surface area contributed by atoms with Gasteiger partial charge in [-0.15, -0.1) is 0 Å². The maximum atomic E-state index is 10.8. The third-order valence-corrected chi connectivity index (χ3v) is 0.930. The van der Waals surface area contributed by atoms with E-state index in [1.54, 1.807) is 0 Å². The first kappa shape index (κ1) is 10.5. The normalized spacial score (nSPS) is 8.75. The van der Waals surface area contributed by atoms with Gasteiger partial charge in [0, 0.05) is 7.05 Å². The van der Waals surface area contributed by atoms with Crippen LogP contribution in [0.25, 0.3) is 0 Å². The van der Waals surface area contributed by atoms with Gasteiger partial charge in [-0.3, -0.25) is 9.69 Å². The quantitative estimate of drug-likeness (QED) is 0.600. The van der Waals surface area contributed by atoms with Crippen LogP contribution in [-0.4, -0.2) is 30.1 Å². The summed E-state index contributed by atoms with van der Waals surface area (Å²) in [6, 6.07) is 0. The maximum absolute atomic E-state index is 10.8. The van der Waals surface area contributed by atoms with Gasteiger partial charge in [0.15, 0.2) is 0 Å². The molecular weight excluding hydrogens is 160 g/mol. The number of nitrogens with zero attached hydrogens (tertiary/aromatic N) is 1. The summed E-state index contributed by atoms with van der Waals surface area (Å²) in [4.78, 5) is 22.0. The summed E-state index contributed by atoms with van der Waals surface area (Å²) < 4.78 is 4.55. The highest BCUT2D eigenvalue weighted by atomic mass is 16.6. The molecule has 0 aromatic rings. The SMILES string of the molecule is [CH2]N(CC(N)=O)C(=O)OCC=C. The standard InChI is InChI=1S/C7H11N2O3/c1-3-4-12-7(11)9(2)5-6(8)10/h3H,1-2,4-5H2,(H2,8,10). The van der Waals surface area contributed by atoms with Crippen molar-refractivity contribution in [2.24, 2.45) is 5.73 Å². The van der Waals surface area contributed by atoms with Crippen molar-refractivity contribution in [2.45, 2.75) is 0 Å². The van der Waals surface area contributed by atoms with Gasteiger partial charge in [-0.2, -0.15) is 0 Å². The van der Waals surface area contributed by atoms with Crippen molar-refractivity contribution in [3.63, 3.8) is 0 Å². The van der Waals surface area contributed by atoms with Gasteiger partial charge in [0.05, 0.1) is 0 Å². The minimum atomic E-state index is -0.700. The first-order valence-corrected chi connectivity index (χ1v) is 3.22. The van der Waals surface area contributed by atoms with E-state index >= 15 is 0 Å². The predicted molar refractivity (Wildman–Crippen MR) is 42.8 cm³/mol. The first-order chi connectivity index (χ1) is 5.57. The molecule has 2 N–H and O–H groups in total. The molecule has 0 heterocycles. The minimum absolute atomic E-state index is 0.0869. The van der Waals surface area contributed by atoms with E-state index < -0.39 is 12.0 Å². The number of rotatable bonds is 4. The molecule has 0 aromatic carbocycles. The summed E-state index contributed by atoms with van der Waals surface area (Å²) in [6.07, 6.45) is 0.712. The Kier molecular flexibility index (Phi) is 4.52. The molecule has 0 aliphatic carbocycles. The molecular formula is C7H11N2O3. The molecule has 0 fully saturated rings. The number of ether oxygens (including phenoxy) is 1. The zero-order valence-corrected chi connectivity index (χ0v) is 6.66. The summed E-state index contributed by atoms with van der Waals surface area (Å²) in [5, 5.41) is 0. The zero-order valence-electron chi connectivity index (χ0n) is 6.66.